The van der Waals surface area contributed by atoms with Crippen molar-refractivity contribution >= 4 is 30.0 Å². The van der Waals surface area contributed by atoms with Gasteiger partial charge in [0.15, 0.2) is 0 Å². The van der Waals surface area contributed by atoms with Crippen molar-refractivity contribution in [2.24, 2.45) is 5.16 Å². The van der Waals surface area contributed by atoms with Gasteiger partial charge in [0.25, 0.3) is 0 Å². The SMILES string of the molecule is COc1ccc(COc2cc(C(=NO)c3cccnc3)cc(-c3cccc4[nH]c([Si](C(C)C)(C(C)C)C(C)C)cc34)c2)cc1. The number of aromatic amines is 1. The zero-order chi connectivity index (χ0) is 31.4. The molecule has 0 radical (unpaired) electrons. The van der Waals surface area contributed by atoms with E-state index in [4.69, 9.17) is 9.47 Å². The van der Waals surface area contributed by atoms with E-state index in [1.165, 1.54) is 10.7 Å². The van der Waals surface area contributed by atoms with E-state index in [2.05, 4.69) is 93.1 Å². The van der Waals surface area contributed by atoms with Crippen molar-refractivity contribution in [3.63, 3.8) is 0 Å². The predicted octanol–water partition coefficient (Wildman–Crippen LogP) is 8.93. The summed E-state index contributed by atoms with van der Waals surface area (Å²) in [5.41, 5.74) is 7.89. The normalized spacial score (nSPS) is 12.5. The number of nitrogens with one attached hydrogen (secondary N) is 1. The zero-order valence-electron chi connectivity index (χ0n) is 26.8. The summed E-state index contributed by atoms with van der Waals surface area (Å²) in [4.78, 5) is 8.13. The molecule has 44 heavy (non-hydrogen) atoms. The maximum atomic E-state index is 10.2. The van der Waals surface area contributed by atoms with Crippen LogP contribution < -0.4 is 14.8 Å². The average molecular weight is 606 g/mol. The summed E-state index contributed by atoms with van der Waals surface area (Å²) in [6.45, 7) is 14.7. The Morgan fingerprint density at radius 2 is 1.57 bits per heavy atom. The van der Waals surface area contributed by atoms with E-state index in [1.807, 2.05) is 42.5 Å². The smallest absolute Gasteiger partial charge is 0.121 e. The third-order valence-corrected chi connectivity index (χ3v) is 16.0. The van der Waals surface area contributed by atoms with E-state index >= 15 is 0 Å². The number of benzene rings is 3. The van der Waals surface area contributed by atoms with Crippen molar-refractivity contribution in [2.75, 3.05) is 7.11 Å². The minimum atomic E-state index is -1.91. The molecule has 7 heteroatoms. The van der Waals surface area contributed by atoms with Gasteiger partial charge >= 0.3 is 0 Å². The Morgan fingerprint density at radius 1 is 0.841 bits per heavy atom. The molecule has 0 saturated carbocycles. The van der Waals surface area contributed by atoms with Crippen LogP contribution in [0.2, 0.25) is 16.6 Å². The summed E-state index contributed by atoms with van der Waals surface area (Å²) >= 11 is 0. The van der Waals surface area contributed by atoms with Crippen LogP contribution in [0.4, 0.5) is 0 Å². The number of aromatic nitrogens is 2. The van der Waals surface area contributed by atoms with Crippen LogP contribution in [0.15, 0.2) is 96.4 Å². The molecule has 0 saturated heterocycles. The molecule has 5 aromatic rings. The lowest BCUT2D eigenvalue weighted by Crippen LogP contribution is -2.56. The highest BCUT2D eigenvalue weighted by Crippen LogP contribution is 2.42. The summed E-state index contributed by atoms with van der Waals surface area (Å²) in [6.07, 6.45) is 3.41. The fourth-order valence-electron chi connectivity index (χ4n) is 7.22. The van der Waals surface area contributed by atoms with Gasteiger partial charge < -0.3 is 19.7 Å². The van der Waals surface area contributed by atoms with Crippen LogP contribution in [0.3, 0.4) is 0 Å². The Labute approximate surface area is 261 Å². The molecule has 0 aliphatic rings. The number of H-pyrrole nitrogens is 1. The second-order valence-corrected chi connectivity index (χ2v) is 18.3. The van der Waals surface area contributed by atoms with E-state index in [1.54, 1.807) is 19.5 Å². The fraction of sp³-hybridized carbons (Fsp3) is 0.297. The first-order chi connectivity index (χ1) is 21.2. The Morgan fingerprint density at radius 3 is 2.18 bits per heavy atom. The van der Waals surface area contributed by atoms with Gasteiger partial charge in [-0.15, -0.1) is 0 Å². The lowest BCUT2D eigenvalue weighted by Gasteiger charge is -2.42. The number of hydrogen-bond acceptors (Lipinski definition) is 5. The molecule has 0 unspecified atom stereocenters. The van der Waals surface area contributed by atoms with Crippen LogP contribution in [0.25, 0.3) is 22.0 Å². The zero-order valence-corrected chi connectivity index (χ0v) is 27.8. The topological polar surface area (TPSA) is 79.7 Å². The Bertz CT molecular complexity index is 1720. The number of fused-ring (bicyclic) bond motifs is 1. The number of oxime groups is 1. The maximum Gasteiger partial charge on any atom is 0.121 e. The summed E-state index contributed by atoms with van der Waals surface area (Å²) < 4.78 is 11.7. The molecule has 0 spiro atoms. The molecule has 0 aliphatic heterocycles. The van der Waals surface area contributed by atoms with Crippen LogP contribution in [-0.2, 0) is 6.61 Å². The van der Waals surface area contributed by atoms with Gasteiger partial charge in [0.2, 0.25) is 0 Å². The van der Waals surface area contributed by atoms with Gasteiger partial charge in [-0.2, -0.15) is 0 Å². The molecular formula is C37H43N3O3Si. The molecule has 0 amide bonds. The van der Waals surface area contributed by atoms with Crippen LogP contribution in [-0.4, -0.2) is 36.1 Å². The molecule has 2 heterocycles. The Hall–Kier alpha value is -4.36. The maximum absolute atomic E-state index is 10.2. The molecule has 2 N–H and O–H groups in total. The minimum absolute atomic E-state index is 0.384. The van der Waals surface area contributed by atoms with E-state index in [-0.39, 0.29) is 0 Å². The van der Waals surface area contributed by atoms with E-state index in [0.29, 0.717) is 34.7 Å². The van der Waals surface area contributed by atoms with Crippen molar-refractivity contribution in [3.05, 3.63) is 108 Å². The molecule has 0 bridgehead atoms. The first-order valence-electron chi connectivity index (χ1n) is 15.3. The summed E-state index contributed by atoms with van der Waals surface area (Å²) in [6, 6.07) is 26.5. The highest BCUT2D eigenvalue weighted by Gasteiger charge is 2.45. The van der Waals surface area contributed by atoms with Crippen LogP contribution in [0, 0.1) is 0 Å². The number of nitrogens with zero attached hydrogens (tertiary/aromatic N) is 2. The van der Waals surface area contributed by atoms with Gasteiger partial charge in [0, 0.05) is 39.7 Å². The number of pyridine rings is 1. The number of methoxy groups -OCH3 is 1. The average Bonchev–Trinajstić information content (AvgIpc) is 3.45. The van der Waals surface area contributed by atoms with Gasteiger partial charge in [-0.05, 0) is 87.9 Å². The van der Waals surface area contributed by atoms with Crippen molar-refractivity contribution < 1.29 is 14.7 Å². The second-order valence-electron chi connectivity index (χ2n) is 12.4. The van der Waals surface area contributed by atoms with Crippen molar-refractivity contribution in [1.82, 2.24) is 9.97 Å². The number of hydrogen-bond donors (Lipinski definition) is 2. The van der Waals surface area contributed by atoms with Gasteiger partial charge in [-0.3, -0.25) is 4.98 Å². The molecule has 5 rings (SSSR count). The molecule has 0 aliphatic carbocycles. The van der Waals surface area contributed by atoms with Crippen LogP contribution >= 0.6 is 0 Å². The molecule has 228 valence electrons. The standard InChI is InChI=1S/C37H43N3O3Si/c1-24(2)44(25(3)4,26(5)6)36-21-34-33(11-8-12-35(34)39-36)29-18-30(37(40-41)28-10-9-17-38-22-28)20-32(19-29)43-23-27-13-15-31(42-7)16-14-27/h8-22,24-26,39,41H,23H2,1-7H3. The second kappa shape index (κ2) is 13.1. The molecule has 6 nitrogen and oxygen atoms in total. The number of rotatable bonds is 11. The first kappa shape index (κ1) is 31.1. The van der Waals surface area contributed by atoms with Crippen LogP contribution in [0.5, 0.6) is 11.5 Å². The van der Waals surface area contributed by atoms with Gasteiger partial charge in [-0.1, -0.05) is 71.0 Å². The molecular weight excluding hydrogens is 563 g/mol. The monoisotopic (exact) mass is 605 g/mol. The number of ether oxygens (including phenoxy) is 2. The lowest BCUT2D eigenvalue weighted by atomic mass is 9.96. The highest BCUT2D eigenvalue weighted by molar-refractivity contribution is 6.94. The Kier molecular flexibility index (Phi) is 9.25. The quantitative estimate of drug-likeness (QED) is 0.0682. The fourth-order valence-corrected chi connectivity index (χ4v) is 13.8. The van der Waals surface area contributed by atoms with Gasteiger partial charge in [0.1, 0.15) is 31.9 Å². The molecule has 3 aromatic carbocycles. The summed E-state index contributed by atoms with van der Waals surface area (Å²) in [5.74, 6) is 1.48. The minimum Gasteiger partial charge on any atom is -0.497 e. The lowest BCUT2D eigenvalue weighted by molar-refractivity contribution is 0.306. The van der Waals surface area contributed by atoms with Crippen molar-refractivity contribution in [1.29, 1.82) is 0 Å². The van der Waals surface area contributed by atoms with E-state index < -0.39 is 8.07 Å². The van der Waals surface area contributed by atoms with Crippen molar-refractivity contribution in [3.8, 4) is 22.6 Å². The Balaban J connectivity index is 1.64. The third-order valence-electron chi connectivity index (χ3n) is 9.09. The van der Waals surface area contributed by atoms with Crippen molar-refractivity contribution in [2.45, 2.75) is 64.8 Å². The van der Waals surface area contributed by atoms with Crippen LogP contribution in [0.1, 0.15) is 58.2 Å². The molecule has 2 aromatic heterocycles. The predicted molar refractivity (Wildman–Crippen MR) is 183 cm³/mol. The molecule has 0 fully saturated rings. The van der Waals surface area contributed by atoms with E-state index in [9.17, 15) is 5.21 Å². The third kappa shape index (κ3) is 5.89. The first-order valence-corrected chi connectivity index (χ1v) is 17.6. The van der Waals surface area contributed by atoms with E-state index in [0.717, 1.165) is 39.1 Å². The highest BCUT2D eigenvalue weighted by atomic mass is 28.3. The molecule has 0 atom stereocenters. The summed E-state index contributed by atoms with van der Waals surface area (Å²) in [5, 5.41) is 16.5. The summed E-state index contributed by atoms with van der Waals surface area (Å²) in [7, 11) is -0.247. The largest absolute Gasteiger partial charge is 0.497 e. The van der Waals surface area contributed by atoms with Gasteiger partial charge in [-0.25, -0.2) is 0 Å². The van der Waals surface area contributed by atoms with Gasteiger partial charge in [0.05, 0.1) is 7.11 Å².